The highest BCUT2D eigenvalue weighted by molar-refractivity contribution is 5.87. The van der Waals surface area contributed by atoms with E-state index in [9.17, 15) is 15.0 Å². The number of fused-ring (bicyclic) bond motifs is 4. The number of benzene rings is 8. The van der Waals surface area contributed by atoms with Crippen molar-refractivity contribution in [3.05, 3.63) is 220 Å². The number of likely N-dealkylation sites (N-methyl/N-ethyl adjacent to an activating group) is 2. The number of hydrogen-bond acceptors (Lipinski definition) is 32. The van der Waals surface area contributed by atoms with Gasteiger partial charge in [-0.05, 0) is 131 Å². The number of nitrogens with one attached hydrogen (secondary N) is 3. The highest BCUT2D eigenvalue weighted by atomic mass is 16.6. The Labute approximate surface area is 821 Å². The Morgan fingerprint density at radius 3 is 1.13 bits per heavy atom. The Morgan fingerprint density at radius 1 is 0.404 bits per heavy atom. The fourth-order valence-electron chi connectivity index (χ4n) is 15.7. The van der Waals surface area contributed by atoms with Crippen molar-refractivity contribution in [2.24, 2.45) is 11.7 Å². The number of ether oxygens (including phenoxy) is 8. The highest BCUT2D eigenvalue weighted by Crippen LogP contribution is 2.42. The molecule has 1 atom stereocenters. The second-order valence-corrected chi connectivity index (χ2v) is 32.5. The van der Waals surface area contributed by atoms with Crippen LogP contribution in [0.2, 0.25) is 0 Å². The summed E-state index contributed by atoms with van der Waals surface area (Å²) in [7, 11) is 16.7. The maximum absolute atomic E-state index is 11.6. The van der Waals surface area contributed by atoms with E-state index in [4.69, 9.17) is 73.5 Å². The van der Waals surface area contributed by atoms with Crippen LogP contribution >= 0.6 is 0 Å². The van der Waals surface area contributed by atoms with Crippen molar-refractivity contribution in [3.8, 4) is 91.0 Å². The normalized spacial score (nSPS) is 12.5. The first-order valence-corrected chi connectivity index (χ1v) is 45.6. The smallest absolute Gasteiger partial charge is 0.241 e. The van der Waals surface area contributed by atoms with Crippen LogP contribution in [-0.2, 0) is 29.2 Å². The monoisotopic (exact) mass is 1920 g/mol. The second kappa shape index (κ2) is 50.9. The molecule has 1 amide bonds. The van der Waals surface area contributed by atoms with Crippen LogP contribution in [0.5, 0.6) is 46.0 Å². The third-order valence-corrected chi connectivity index (χ3v) is 23.1. The first kappa shape index (κ1) is 105. The Morgan fingerprint density at radius 2 is 0.766 bits per heavy atom. The molecule has 1 saturated heterocycles. The third kappa shape index (κ3) is 26.8. The molecule has 742 valence electrons. The maximum Gasteiger partial charge on any atom is 0.241 e. The van der Waals surface area contributed by atoms with Gasteiger partial charge in [0.15, 0.2) is 5.75 Å². The zero-order valence-electron chi connectivity index (χ0n) is 79.0. The van der Waals surface area contributed by atoms with Crippen molar-refractivity contribution in [2.45, 2.75) is 93.1 Å². The van der Waals surface area contributed by atoms with Gasteiger partial charge in [-0.2, -0.15) is 25.9 Å². The van der Waals surface area contributed by atoms with E-state index in [-0.39, 0.29) is 60.8 Å². The van der Waals surface area contributed by atoms with E-state index in [1.54, 1.807) is 116 Å². The molecule has 8 aromatic carbocycles. The lowest BCUT2D eigenvalue weighted by molar-refractivity contribution is -0.121. The molecule has 141 heavy (non-hydrogen) atoms. The van der Waals surface area contributed by atoms with Crippen molar-refractivity contribution in [2.75, 3.05) is 156 Å². The van der Waals surface area contributed by atoms with Gasteiger partial charge in [0, 0.05) is 239 Å². The molecule has 37 nitrogen and oxygen atoms in total. The van der Waals surface area contributed by atoms with E-state index in [1.165, 1.54) is 12.8 Å². The summed E-state index contributed by atoms with van der Waals surface area (Å²) in [6, 6.07) is 47.1. The zero-order chi connectivity index (χ0) is 96.4. The number of amides is 1. The van der Waals surface area contributed by atoms with Gasteiger partial charge in [0.2, 0.25) is 5.91 Å². The molecule has 8 N–H and O–H groups in total. The standard InChI is InChI=1S/C26H30N6O3.C26H30N6O2.C25H28N6O4.C24H28N6O4.3CH4/c1-33-21-11-20(12-22(14-21)34-2)31(9-8-27)19-6-7-23-24(13-19)30-25(16-28-23)18-15-29-32(17-18)26-5-3-4-10-35-26;1-27-8-9-31-17-19(14-29-31)26-15-28-24-7-6-20(12-25(24)30-26)32(16-18-4-5-18)21-10-22(33-2)13-23(11-21)34-3;1-26-25(33)16-30-15-17(13-28-30)24-14-27-22-6-5-18(11-23(22)29-24)31(7-4-8-32)19-9-20(34-2)12-21(10-19)35-3;1-25-34-21-11-19(10-20(13-21)33-2)30(6-3-8-31)18-4-5-22-23(12-18)28-24(15-26-22)17-14-27-29(16-17)7-9-32;;;/h6-7,11-17,26H,3-5,8-10,27H2,1-2H3;6-7,10-15,17-18,27H,4-5,8-9,16H2,1-3H3;5-6,9-15,32H,4,7-8,16H2,1-3H3,(H,26,33);4-5,10-16,25,31-32H,3,6-9H2,1-2H3;3*1H4. The lowest BCUT2D eigenvalue weighted by atomic mass is 10.1. The molecule has 1 unspecified atom stereocenters. The molecule has 1 aliphatic carbocycles. The lowest BCUT2D eigenvalue weighted by Crippen LogP contribution is -2.24. The molecule has 2 aliphatic rings. The van der Waals surface area contributed by atoms with E-state index >= 15 is 0 Å². The van der Waals surface area contributed by atoms with Crippen LogP contribution in [0.1, 0.15) is 73.5 Å². The molecule has 18 rings (SSSR count). The number of nitrogens with zero attached hydrogens (tertiary/aromatic N) is 20. The number of methoxy groups -OCH3 is 7. The minimum atomic E-state index is -0.133. The summed E-state index contributed by atoms with van der Waals surface area (Å²) in [4.78, 5) is 63.6. The minimum absolute atomic E-state index is 0. The molecule has 1 aliphatic heterocycles. The van der Waals surface area contributed by atoms with E-state index in [1.807, 2.05) is 169 Å². The molecule has 1 saturated carbocycles. The average Bonchev–Trinajstić information content (AvgIpc) is 1.76. The Balaban J connectivity index is 0.000000167. The van der Waals surface area contributed by atoms with E-state index in [0.717, 1.165) is 175 Å². The van der Waals surface area contributed by atoms with Crippen molar-refractivity contribution >= 4 is 95.5 Å². The van der Waals surface area contributed by atoms with Crippen LogP contribution in [0.3, 0.4) is 0 Å². The number of aliphatic hydroxyl groups excluding tert-OH is 3. The molecule has 16 aromatic rings. The fourth-order valence-corrected chi connectivity index (χ4v) is 15.7. The number of anilines is 8. The van der Waals surface area contributed by atoms with Gasteiger partial charge in [-0.25, -0.2) is 24.6 Å². The summed E-state index contributed by atoms with van der Waals surface area (Å²) in [6.45, 7) is 6.33. The van der Waals surface area contributed by atoms with E-state index in [2.05, 4.69) is 100 Å². The van der Waals surface area contributed by atoms with Crippen LogP contribution < -0.4 is 79.4 Å². The fraction of sp³-hybridized carbons (Fsp3) is 0.337. The summed E-state index contributed by atoms with van der Waals surface area (Å²) >= 11 is 0. The van der Waals surface area contributed by atoms with E-state index < -0.39 is 0 Å². The van der Waals surface area contributed by atoms with Gasteiger partial charge in [0.05, 0.1) is 186 Å². The molecule has 2 fully saturated rings. The van der Waals surface area contributed by atoms with Gasteiger partial charge < -0.3 is 94.0 Å². The lowest BCUT2D eigenvalue weighted by Gasteiger charge is -2.26. The maximum atomic E-state index is 11.6. The minimum Gasteiger partial charge on any atom is -0.497 e. The largest absolute Gasteiger partial charge is 0.497 e. The number of carbonyl (C=O) groups is 1. The summed E-state index contributed by atoms with van der Waals surface area (Å²) in [5.74, 6) is 6.12. The number of aliphatic hydroxyl groups is 3. The highest BCUT2D eigenvalue weighted by Gasteiger charge is 2.28. The number of hydroxylamine groups is 1. The van der Waals surface area contributed by atoms with Crippen molar-refractivity contribution < 1.29 is 62.8 Å². The van der Waals surface area contributed by atoms with Gasteiger partial charge in [-0.1, -0.05) is 22.3 Å². The molecule has 8 aromatic heterocycles. The van der Waals surface area contributed by atoms with Gasteiger partial charge in [0.25, 0.3) is 0 Å². The van der Waals surface area contributed by atoms with Crippen LogP contribution in [0.15, 0.2) is 220 Å². The second-order valence-electron chi connectivity index (χ2n) is 32.5. The van der Waals surface area contributed by atoms with Gasteiger partial charge in [-0.15, -0.1) is 0 Å². The third-order valence-electron chi connectivity index (χ3n) is 23.1. The predicted molar refractivity (Wildman–Crippen MR) is 552 cm³/mol. The Kier molecular flexibility index (Phi) is 37.8. The molecule has 0 bridgehead atoms. The molecule has 0 spiro atoms. The summed E-state index contributed by atoms with van der Waals surface area (Å²) in [5.41, 5.74) is 28.8. The Bertz CT molecular complexity index is 6680. The predicted octanol–water partition coefficient (Wildman–Crippen LogP) is 15.8. The SMILES string of the molecule is C.C.C.CNC(=O)Cn1cc(-c2cnc3ccc(N(CCCO)c4cc(OC)cc(OC)c4)cc3n2)cn1.CNCCn1cc(-c2cnc3ccc(N(CC4CC4)c4cc(OC)cc(OC)c4)cc3n2)cn1.CNOc1cc(OC)cc(N(CCCO)c2ccc3ncc(-c4cnn(CCO)c4)nc3c2)c1.COc1cc(OC)cc(N(CCN)c2ccc3ncc(-c4cnn(C5CCCCO5)c4)nc3c2)c1. The quantitative estimate of drug-likeness (QED) is 0.0176. The molecular weight excluding hydrogens is 1790 g/mol. The van der Waals surface area contributed by atoms with E-state index in [0.29, 0.717) is 103 Å². The van der Waals surface area contributed by atoms with Crippen molar-refractivity contribution in [1.82, 2.24) is 95.1 Å². The summed E-state index contributed by atoms with van der Waals surface area (Å²) in [6.07, 6.45) is 28.5. The summed E-state index contributed by atoms with van der Waals surface area (Å²) < 4.78 is 51.2. The molecular formula is C104H128N24O13. The average molecular weight is 1920 g/mol. The number of rotatable bonds is 39. The van der Waals surface area contributed by atoms with Crippen LogP contribution in [0.25, 0.3) is 89.2 Å². The number of nitrogens with two attached hydrogens (primary N) is 1. The molecule has 37 heteroatoms. The first-order chi connectivity index (χ1) is 67.5. The summed E-state index contributed by atoms with van der Waals surface area (Å²) in [5, 5.41) is 51.3. The Hall–Kier alpha value is -15.3. The zero-order valence-corrected chi connectivity index (χ0v) is 79.0. The number of hydrogen-bond donors (Lipinski definition) is 7. The molecule has 9 heterocycles. The number of carbonyl (C=O) groups excluding carboxylic acids is 1. The van der Waals surface area contributed by atoms with Crippen molar-refractivity contribution in [1.29, 1.82) is 0 Å². The first-order valence-electron chi connectivity index (χ1n) is 45.6. The topological polar surface area (TPSA) is 410 Å². The van der Waals surface area contributed by atoms with Gasteiger partial charge >= 0.3 is 0 Å². The van der Waals surface area contributed by atoms with Crippen LogP contribution in [0, 0.1) is 5.92 Å². The van der Waals surface area contributed by atoms with Crippen molar-refractivity contribution in [3.63, 3.8) is 0 Å². The van der Waals surface area contributed by atoms with Crippen LogP contribution in [-0.4, -0.2) is 237 Å². The number of aromatic nitrogens is 16. The van der Waals surface area contributed by atoms with Crippen LogP contribution in [0.4, 0.5) is 45.5 Å². The van der Waals surface area contributed by atoms with Gasteiger partial charge in [-0.3, -0.25) is 38.8 Å². The molecule has 0 radical (unpaired) electrons. The van der Waals surface area contributed by atoms with Gasteiger partial charge in [0.1, 0.15) is 53.0 Å².